The second kappa shape index (κ2) is 10.7. The van der Waals surface area contributed by atoms with Crippen molar-refractivity contribution in [1.29, 1.82) is 0 Å². The Kier molecular flexibility index (Phi) is 11.5. The Morgan fingerprint density at radius 2 is 1.32 bits per heavy atom. The van der Waals surface area contributed by atoms with Crippen molar-refractivity contribution in [2.45, 2.75) is 52.4 Å². The molecule has 0 bridgehead atoms. The van der Waals surface area contributed by atoms with Crippen molar-refractivity contribution in [1.82, 2.24) is 0 Å². The van der Waals surface area contributed by atoms with E-state index in [9.17, 15) is 0 Å². The van der Waals surface area contributed by atoms with Gasteiger partial charge in [0.2, 0.25) is 0 Å². The number of halogens is 2. The quantitative estimate of drug-likeness (QED) is 0.436. The maximum Gasteiger partial charge on any atom is 4.00 e. The van der Waals surface area contributed by atoms with Gasteiger partial charge in [-0.15, -0.1) is 40.6 Å². The standard InChI is InChI=1S/C13H15.C9H13.2ClH.Zr/c1-13(2,3)12-8-10-6-4-5-7-11(10)9-12;1-9(2,3)8-6-4-5-7-8;;;/h4-9H,1-3H3;4-7H,1-3H3;2*1H;/q2*-1;;;+4/p-2. The van der Waals surface area contributed by atoms with Crippen molar-refractivity contribution in [2.24, 2.45) is 0 Å². The molecule has 0 aromatic heterocycles. The summed E-state index contributed by atoms with van der Waals surface area (Å²) in [6, 6.07) is 21.6. The Morgan fingerprint density at radius 1 is 0.800 bits per heavy atom. The third kappa shape index (κ3) is 7.82. The van der Waals surface area contributed by atoms with Gasteiger partial charge in [-0.05, 0) is 5.41 Å². The SMILES string of the molecule is CC(C)(C)[c-]1cccc1.CC(C)(C)c1cc2ccccc2[cH-]1.[Cl-].[Cl-].[Zr+4]. The van der Waals surface area contributed by atoms with E-state index >= 15 is 0 Å². The number of fused-ring (bicyclic) bond motifs is 1. The first-order valence-corrected chi connectivity index (χ1v) is 8.06. The first-order chi connectivity index (χ1) is 10.2. The van der Waals surface area contributed by atoms with Gasteiger partial charge in [0.1, 0.15) is 0 Å². The van der Waals surface area contributed by atoms with E-state index in [-0.39, 0.29) is 56.4 Å². The molecule has 0 unspecified atom stereocenters. The van der Waals surface area contributed by atoms with Gasteiger partial charge in [-0.25, -0.2) is 12.1 Å². The minimum atomic E-state index is 0. The maximum absolute atomic E-state index is 2.29. The molecule has 0 radical (unpaired) electrons. The summed E-state index contributed by atoms with van der Waals surface area (Å²) in [4.78, 5) is 0. The van der Waals surface area contributed by atoms with E-state index in [2.05, 4.69) is 102 Å². The molecule has 0 aliphatic heterocycles. The van der Waals surface area contributed by atoms with Crippen molar-refractivity contribution in [3.8, 4) is 0 Å². The van der Waals surface area contributed by atoms with Crippen molar-refractivity contribution >= 4 is 10.8 Å². The van der Waals surface area contributed by atoms with Crippen LogP contribution < -0.4 is 24.8 Å². The van der Waals surface area contributed by atoms with Crippen molar-refractivity contribution in [3.63, 3.8) is 0 Å². The van der Waals surface area contributed by atoms with E-state index in [1.165, 1.54) is 21.9 Å². The van der Waals surface area contributed by atoms with Crippen LogP contribution in [-0.4, -0.2) is 0 Å². The molecule has 0 nitrogen and oxygen atoms in total. The van der Waals surface area contributed by atoms with Crippen LogP contribution >= 0.6 is 0 Å². The summed E-state index contributed by atoms with van der Waals surface area (Å²) in [6.07, 6.45) is 0. The molecule has 0 N–H and O–H groups in total. The third-order valence-electron chi connectivity index (χ3n) is 4.01. The minimum Gasteiger partial charge on any atom is -1.00 e. The summed E-state index contributed by atoms with van der Waals surface area (Å²) in [5.41, 5.74) is 3.43. The van der Waals surface area contributed by atoms with Crippen LogP contribution in [0.2, 0.25) is 0 Å². The molecule has 3 rings (SSSR count). The third-order valence-corrected chi connectivity index (χ3v) is 4.01. The van der Waals surface area contributed by atoms with E-state index in [1.54, 1.807) is 0 Å². The number of benzene rings is 1. The monoisotopic (exact) mass is 452 g/mol. The maximum atomic E-state index is 2.29. The Bertz CT molecular complexity index is 677. The van der Waals surface area contributed by atoms with E-state index in [1.807, 2.05) is 0 Å². The molecule has 134 valence electrons. The molecular weight excluding hydrogens is 426 g/mol. The zero-order valence-corrected chi connectivity index (χ0v) is 20.0. The molecule has 3 aromatic carbocycles. The van der Waals surface area contributed by atoms with E-state index in [0.29, 0.717) is 5.41 Å². The Balaban J connectivity index is 0. The smallest absolute Gasteiger partial charge is 1.00 e. The van der Waals surface area contributed by atoms with Gasteiger partial charge in [0.05, 0.1) is 0 Å². The van der Waals surface area contributed by atoms with Crippen LogP contribution in [0, 0.1) is 0 Å². The summed E-state index contributed by atoms with van der Waals surface area (Å²) in [6.45, 7) is 13.4. The van der Waals surface area contributed by atoms with Gasteiger partial charge in [-0.3, -0.25) is 0 Å². The van der Waals surface area contributed by atoms with Crippen molar-refractivity contribution in [2.75, 3.05) is 0 Å². The predicted octanol–water partition coefficient (Wildman–Crippen LogP) is 0.565. The second-order valence-corrected chi connectivity index (χ2v) is 8.05. The molecular formula is C22H28Cl2Zr. The van der Waals surface area contributed by atoms with E-state index < -0.39 is 0 Å². The summed E-state index contributed by atoms with van der Waals surface area (Å²) in [5.74, 6) is 0. The Hall–Kier alpha value is -0.357. The van der Waals surface area contributed by atoms with Crippen LogP contribution in [-0.2, 0) is 37.0 Å². The van der Waals surface area contributed by atoms with Gasteiger partial charge in [0.25, 0.3) is 0 Å². The van der Waals surface area contributed by atoms with E-state index in [4.69, 9.17) is 0 Å². The molecule has 0 fully saturated rings. The molecule has 0 atom stereocenters. The van der Waals surface area contributed by atoms with Gasteiger partial charge in [-0.1, -0.05) is 53.0 Å². The van der Waals surface area contributed by atoms with Gasteiger partial charge in [-0.2, -0.15) is 23.8 Å². The molecule has 0 spiro atoms. The number of hydrogen-bond acceptors (Lipinski definition) is 0. The fraction of sp³-hybridized carbons (Fsp3) is 0.364. The molecule has 0 aliphatic rings. The second-order valence-electron chi connectivity index (χ2n) is 8.05. The number of rotatable bonds is 0. The molecule has 0 heterocycles. The zero-order chi connectivity index (χ0) is 16.4. The van der Waals surface area contributed by atoms with Gasteiger partial charge < -0.3 is 24.8 Å². The average molecular weight is 455 g/mol. The summed E-state index contributed by atoms with van der Waals surface area (Å²) < 4.78 is 0. The zero-order valence-electron chi connectivity index (χ0n) is 16.0. The molecule has 3 heteroatoms. The van der Waals surface area contributed by atoms with Gasteiger partial charge in [0.15, 0.2) is 0 Å². The Labute approximate surface area is 185 Å². The molecule has 0 saturated heterocycles. The molecule has 0 aliphatic carbocycles. The normalized spacial score (nSPS) is 10.6. The molecule has 0 saturated carbocycles. The fourth-order valence-corrected chi connectivity index (χ4v) is 2.46. The van der Waals surface area contributed by atoms with Crippen LogP contribution in [0.3, 0.4) is 0 Å². The largest absolute Gasteiger partial charge is 4.00 e. The van der Waals surface area contributed by atoms with Crippen LogP contribution in [0.25, 0.3) is 10.8 Å². The van der Waals surface area contributed by atoms with Crippen LogP contribution in [0.5, 0.6) is 0 Å². The fourth-order valence-electron chi connectivity index (χ4n) is 2.46. The first-order valence-electron chi connectivity index (χ1n) is 8.06. The van der Waals surface area contributed by atoms with Gasteiger partial charge >= 0.3 is 26.2 Å². The summed E-state index contributed by atoms with van der Waals surface area (Å²) in [5, 5.41) is 2.71. The predicted molar refractivity (Wildman–Crippen MR) is 99.0 cm³/mol. The molecule has 25 heavy (non-hydrogen) atoms. The minimum absolute atomic E-state index is 0. The van der Waals surface area contributed by atoms with Crippen molar-refractivity contribution in [3.05, 3.63) is 71.8 Å². The van der Waals surface area contributed by atoms with Crippen LogP contribution in [0.1, 0.15) is 52.7 Å². The van der Waals surface area contributed by atoms with Crippen LogP contribution in [0.4, 0.5) is 0 Å². The molecule has 3 aromatic rings. The number of hydrogen-bond donors (Lipinski definition) is 0. The molecule has 0 amide bonds. The average Bonchev–Trinajstić information content (AvgIpc) is 3.07. The Morgan fingerprint density at radius 3 is 1.72 bits per heavy atom. The van der Waals surface area contributed by atoms with Crippen molar-refractivity contribution < 1.29 is 51.0 Å². The summed E-state index contributed by atoms with van der Waals surface area (Å²) >= 11 is 0. The van der Waals surface area contributed by atoms with Gasteiger partial charge in [0, 0.05) is 0 Å². The first kappa shape index (κ1) is 26.9. The summed E-state index contributed by atoms with van der Waals surface area (Å²) in [7, 11) is 0. The van der Waals surface area contributed by atoms with Crippen LogP contribution in [0.15, 0.2) is 60.7 Å². The van der Waals surface area contributed by atoms with E-state index in [0.717, 1.165) is 0 Å². The topological polar surface area (TPSA) is 0 Å².